The fraction of sp³-hybridized carbons (Fsp3) is 0.250. The molecule has 0 aliphatic rings. The monoisotopic (exact) mass is 114 g/mol. The molecule has 2 nitrogen and oxygen atoms in total. The van der Waals surface area contributed by atoms with Crippen molar-refractivity contribution in [2.45, 2.75) is 6.29 Å². The van der Waals surface area contributed by atoms with Crippen LogP contribution in [0.5, 0.6) is 0 Å². The van der Waals surface area contributed by atoms with Crippen LogP contribution < -0.4 is 0 Å². The molecule has 0 fully saturated rings. The maximum Gasteiger partial charge on any atom is 0.0949 e. The van der Waals surface area contributed by atoms with Gasteiger partial charge >= 0.3 is 0 Å². The van der Waals surface area contributed by atoms with Crippen molar-refractivity contribution in [3.8, 4) is 0 Å². The second-order valence-electron chi connectivity index (χ2n) is 1.26. The maximum absolute atomic E-state index is 3.84. The Morgan fingerprint density at radius 2 is 2.57 bits per heavy atom. The van der Waals surface area contributed by atoms with Crippen molar-refractivity contribution in [1.82, 2.24) is 9.55 Å². The summed E-state index contributed by atoms with van der Waals surface area (Å²) in [7, 11) is 2.61. The van der Waals surface area contributed by atoms with Crippen LogP contribution in [-0.2, 0) is 6.29 Å². The molecule has 0 aliphatic heterocycles. The quantitative estimate of drug-likeness (QED) is 0.492. The lowest BCUT2D eigenvalue weighted by atomic mass is 10.9. The summed E-state index contributed by atoms with van der Waals surface area (Å²) < 4.78 is 1.98. The molecule has 1 heterocycles. The van der Waals surface area contributed by atoms with Gasteiger partial charge in [0.2, 0.25) is 0 Å². The van der Waals surface area contributed by atoms with E-state index >= 15 is 0 Å². The van der Waals surface area contributed by atoms with Gasteiger partial charge in [0.05, 0.1) is 6.33 Å². The van der Waals surface area contributed by atoms with Gasteiger partial charge in [-0.2, -0.15) is 0 Å². The van der Waals surface area contributed by atoms with Crippen molar-refractivity contribution in [3.05, 3.63) is 18.7 Å². The van der Waals surface area contributed by atoms with E-state index < -0.39 is 0 Å². The second kappa shape index (κ2) is 2.08. The molecule has 0 bridgehead atoms. The van der Waals surface area contributed by atoms with E-state index in [1.807, 2.05) is 10.8 Å². The van der Waals surface area contributed by atoms with Crippen LogP contribution in [0, 0.1) is 0 Å². The molecule has 1 aromatic rings. The van der Waals surface area contributed by atoms with Crippen LogP contribution in [-0.4, -0.2) is 9.55 Å². The van der Waals surface area contributed by atoms with Gasteiger partial charge in [-0.05, 0) is 0 Å². The smallest absolute Gasteiger partial charge is 0.0949 e. The zero-order valence-electron chi connectivity index (χ0n) is 3.91. The van der Waals surface area contributed by atoms with E-state index in [0.29, 0.717) is 0 Å². The molecule has 0 spiro atoms. The molecule has 0 amide bonds. The molecule has 1 aromatic heterocycles. The first-order chi connectivity index (χ1) is 3.43. The number of rotatable bonds is 1. The minimum atomic E-state index is 0.931. The molecular formula is C4H7N2P. The highest BCUT2D eigenvalue weighted by molar-refractivity contribution is 7.15. The molecule has 0 aliphatic carbocycles. The molecule has 0 saturated carbocycles. The highest BCUT2D eigenvalue weighted by Crippen LogP contribution is 1.89. The number of imidazole rings is 1. The standard InChI is InChI=1S/C4H7N2P/c7-4-6-2-1-5-3-6/h1-3H,4,7H2. The van der Waals surface area contributed by atoms with Gasteiger partial charge in [0.15, 0.2) is 0 Å². The third-order valence-corrected chi connectivity index (χ3v) is 1.19. The minimum Gasteiger partial charge on any atom is -0.334 e. The van der Waals surface area contributed by atoms with Gasteiger partial charge in [-0.3, -0.25) is 0 Å². The first-order valence-corrected chi connectivity index (χ1v) is 2.91. The zero-order chi connectivity index (χ0) is 5.11. The van der Waals surface area contributed by atoms with Crippen LogP contribution >= 0.6 is 9.24 Å². The third-order valence-electron chi connectivity index (χ3n) is 0.770. The largest absolute Gasteiger partial charge is 0.334 e. The lowest BCUT2D eigenvalue weighted by molar-refractivity contribution is 0.890. The van der Waals surface area contributed by atoms with Crippen LogP contribution in [0.25, 0.3) is 0 Å². The van der Waals surface area contributed by atoms with Crippen molar-refractivity contribution in [2.75, 3.05) is 0 Å². The van der Waals surface area contributed by atoms with Crippen molar-refractivity contribution >= 4 is 9.24 Å². The Balaban J connectivity index is 2.76. The summed E-state index contributed by atoms with van der Waals surface area (Å²) >= 11 is 0. The summed E-state index contributed by atoms with van der Waals surface area (Å²) in [6, 6.07) is 0. The van der Waals surface area contributed by atoms with Crippen LogP contribution in [0.3, 0.4) is 0 Å². The van der Waals surface area contributed by atoms with Crippen molar-refractivity contribution < 1.29 is 0 Å². The summed E-state index contributed by atoms with van der Waals surface area (Å²) in [4.78, 5) is 3.84. The topological polar surface area (TPSA) is 17.8 Å². The average molecular weight is 114 g/mol. The van der Waals surface area contributed by atoms with E-state index in [2.05, 4.69) is 14.2 Å². The number of hydrogen-bond donors (Lipinski definition) is 0. The fourth-order valence-corrected chi connectivity index (χ4v) is 0.611. The second-order valence-corrected chi connectivity index (χ2v) is 1.62. The number of hydrogen-bond acceptors (Lipinski definition) is 1. The number of aromatic nitrogens is 2. The first-order valence-electron chi connectivity index (χ1n) is 2.09. The Bertz CT molecular complexity index is 124. The Morgan fingerprint density at radius 1 is 1.71 bits per heavy atom. The SMILES string of the molecule is PCn1ccnc1. The van der Waals surface area contributed by atoms with Crippen LogP contribution in [0.1, 0.15) is 0 Å². The molecule has 1 atom stereocenters. The Labute approximate surface area is 44.8 Å². The van der Waals surface area contributed by atoms with Gasteiger partial charge in [-0.25, -0.2) is 4.98 Å². The average Bonchev–Trinajstić information content (AvgIpc) is 2.14. The van der Waals surface area contributed by atoms with Crippen molar-refractivity contribution in [2.24, 2.45) is 0 Å². The molecule has 3 heteroatoms. The van der Waals surface area contributed by atoms with Crippen LogP contribution in [0.15, 0.2) is 18.7 Å². The van der Waals surface area contributed by atoms with Gasteiger partial charge in [0.1, 0.15) is 0 Å². The van der Waals surface area contributed by atoms with Gasteiger partial charge in [0, 0.05) is 18.7 Å². The minimum absolute atomic E-state index is 0.931. The zero-order valence-corrected chi connectivity index (χ0v) is 5.07. The molecule has 38 valence electrons. The Hall–Kier alpha value is -0.360. The molecule has 1 unspecified atom stereocenters. The molecule has 7 heavy (non-hydrogen) atoms. The van der Waals surface area contributed by atoms with E-state index in [9.17, 15) is 0 Å². The van der Waals surface area contributed by atoms with E-state index in [1.165, 1.54) is 0 Å². The molecule has 0 radical (unpaired) electrons. The van der Waals surface area contributed by atoms with Crippen LogP contribution in [0.2, 0.25) is 0 Å². The summed E-state index contributed by atoms with van der Waals surface area (Å²) in [5.74, 6) is 0. The Kier molecular flexibility index (Phi) is 1.42. The van der Waals surface area contributed by atoms with Gasteiger partial charge < -0.3 is 4.57 Å². The predicted molar refractivity (Wildman–Crippen MR) is 31.9 cm³/mol. The first kappa shape index (κ1) is 4.79. The normalized spacial score (nSPS) is 9.29. The molecule has 1 rings (SSSR count). The highest BCUT2D eigenvalue weighted by Gasteiger charge is 1.77. The van der Waals surface area contributed by atoms with E-state index in [0.717, 1.165) is 6.29 Å². The maximum atomic E-state index is 3.84. The van der Waals surface area contributed by atoms with Gasteiger partial charge in [-0.1, -0.05) is 0 Å². The summed E-state index contributed by atoms with van der Waals surface area (Å²) in [5, 5.41) is 0. The molecular weight excluding hydrogens is 107 g/mol. The predicted octanol–water partition coefficient (Wildman–Crippen LogP) is 0.716. The Morgan fingerprint density at radius 3 is 2.86 bits per heavy atom. The summed E-state index contributed by atoms with van der Waals surface area (Å²) in [6.45, 7) is 0. The lowest BCUT2D eigenvalue weighted by Gasteiger charge is -1.87. The highest BCUT2D eigenvalue weighted by atomic mass is 31.0. The van der Waals surface area contributed by atoms with Gasteiger partial charge in [-0.15, -0.1) is 9.24 Å². The van der Waals surface area contributed by atoms with E-state index in [-0.39, 0.29) is 0 Å². The fourth-order valence-electron chi connectivity index (χ4n) is 0.395. The van der Waals surface area contributed by atoms with Gasteiger partial charge in [0.25, 0.3) is 0 Å². The number of nitrogens with zero attached hydrogens (tertiary/aromatic N) is 2. The molecule has 0 aromatic carbocycles. The van der Waals surface area contributed by atoms with E-state index in [4.69, 9.17) is 0 Å². The van der Waals surface area contributed by atoms with Crippen molar-refractivity contribution in [3.63, 3.8) is 0 Å². The molecule has 0 N–H and O–H groups in total. The summed E-state index contributed by atoms with van der Waals surface area (Å²) in [6.07, 6.45) is 6.41. The summed E-state index contributed by atoms with van der Waals surface area (Å²) in [5.41, 5.74) is 0. The van der Waals surface area contributed by atoms with E-state index in [1.54, 1.807) is 12.5 Å². The third kappa shape index (κ3) is 1.00. The lowest BCUT2D eigenvalue weighted by Crippen LogP contribution is -1.82. The molecule has 0 saturated heterocycles. The van der Waals surface area contributed by atoms with Crippen molar-refractivity contribution in [1.29, 1.82) is 0 Å². The van der Waals surface area contributed by atoms with Crippen LogP contribution in [0.4, 0.5) is 0 Å².